The van der Waals surface area contributed by atoms with E-state index >= 15 is 0 Å². The molecule has 0 saturated carbocycles. The number of hydrogen-bond donors (Lipinski definition) is 0. The molecule has 0 spiro atoms. The SMILES string of the molecule is C=C(CC)CC(=O)c1cc(F)c(F)c(F)c1. The number of hydrogen-bond acceptors (Lipinski definition) is 1. The predicted molar refractivity (Wildman–Crippen MR) is 54.7 cm³/mol. The minimum Gasteiger partial charge on any atom is -0.294 e. The molecule has 0 radical (unpaired) electrons. The third-order valence-corrected chi connectivity index (χ3v) is 2.22. The molecule has 4 heteroatoms. The van der Waals surface area contributed by atoms with Gasteiger partial charge in [0.25, 0.3) is 0 Å². The number of allylic oxidation sites excluding steroid dienone is 1. The van der Waals surface area contributed by atoms with Crippen molar-refractivity contribution in [3.05, 3.63) is 47.3 Å². The number of rotatable bonds is 4. The van der Waals surface area contributed by atoms with Gasteiger partial charge >= 0.3 is 0 Å². The van der Waals surface area contributed by atoms with Gasteiger partial charge in [-0.2, -0.15) is 0 Å². The average Bonchev–Trinajstić information content (AvgIpc) is 2.24. The first-order valence-corrected chi connectivity index (χ1v) is 4.80. The topological polar surface area (TPSA) is 17.1 Å². The Morgan fingerprint density at radius 1 is 1.25 bits per heavy atom. The van der Waals surface area contributed by atoms with Crippen LogP contribution in [0.15, 0.2) is 24.3 Å². The molecule has 0 amide bonds. The summed E-state index contributed by atoms with van der Waals surface area (Å²) in [6.07, 6.45) is 0.624. The summed E-state index contributed by atoms with van der Waals surface area (Å²) in [5.41, 5.74) is 0.487. The fourth-order valence-corrected chi connectivity index (χ4v) is 1.17. The molecule has 1 aromatic carbocycles. The molecular weight excluding hydrogens is 217 g/mol. The molecule has 0 N–H and O–H groups in total. The van der Waals surface area contributed by atoms with Gasteiger partial charge in [-0.3, -0.25) is 4.79 Å². The first-order chi connectivity index (χ1) is 7.45. The first-order valence-electron chi connectivity index (χ1n) is 4.80. The zero-order chi connectivity index (χ0) is 12.3. The summed E-state index contributed by atoms with van der Waals surface area (Å²) in [5.74, 6) is -4.74. The summed E-state index contributed by atoms with van der Waals surface area (Å²) in [4.78, 5) is 11.5. The third kappa shape index (κ3) is 2.72. The lowest BCUT2D eigenvalue weighted by atomic mass is 10.0. The van der Waals surface area contributed by atoms with Crippen LogP contribution < -0.4 is 0 Å². The number of Topliss-reactive ketones (excluding diaryl/α,β-unsaturated/α-hetero) is 1. The van der Waals surface area contributed by atoms with Crippen LogP contribution in [0.4, 0.5) is 13.2 Å². The monoisotopic (exact) mass is 228 g/mol. The Bertz CT molecular complexity index is 415. The molecule has 0 saturated heterocycles. The Hall–Kier alpha value is -1.58. The van der Waals surface area contributed by atoms with Crippen molar-refractivity contribution in [2.24, 2.45) is 0 Å². The number of halogens is 3. The van der Waals surface area contributed by atoms with Gasteiger partial charge in [0.05, 0.1) is 0 Å². The lowest BCUT2D eigenvalue weighted by Crippen LogP contribution is -2.03. The van der Waals surface area contributed by atoms with Crippen molar-refractivity contribution in [3.63, 3.8) is 0 Å². The predicted octanol–water partition coefficient (Wildman–Crippen LogP) is 3.64. The van der Waals surface area contributed by atoms with Gasteiger partial charge in [0, 0.05) is 12.0 Å². The molecule has 86 valence electrons. The van der Waals surface area contributed by atoms with E-state index in [4.69, 9.17) is 0 Å². The van der Waals surface area contributed by atoms with Gasteiger partial charge in [0.15, 0.2) is 23.2 Å². The van der Waals surface area contributed by atoms with Crippen LogP contribution in [-0.2, 0) is 0 Å². The molecule has 0 heterocycles. The van der Waals surface area contributed by atoms with E-state index in [2.05, 4.69) is 6.58 Å². The fourth-order valence-electron chi connectivity index (χ4n) is 1.17. The zero-order valence-corrected chi connectivity index (χ0v) is 8.82. The molecule has 0 aliphatic rings. The van der Waals surface area contributed by atoms with Gasteiger partial charge in [-0.05, 0) is 18.6 Å². The minimum atomic E-state index is -1.56. The van der Waals surface area contributed by atoms with E-state index in [-0.39, 0.29) is 12.0 Å². The van der Waals surface area contributed by atoms with Crippen molar-refractivity contribution in [2.75, 3.05) is 0 Å². The van der Waals surface area contributed by atoms with Crippen LogP contribution in [-0.4, -0.2) is 5.78 Å². The molecule has 1 nitrogen and oxygen atoms in total. The third-order valence-electron chi connectivity index (χ3n) is 2.22. The van der Waals surface area contributed by atoms with Crippen LogP contribution in [0.25, 0.3) is 0 Å². The standard InChI is InChI=1S/C12H11F3O/c1-3-7(2)4-11(16)8-5-9(13)12(15)10(14)6-8/h5-6H,2-4H2,1H3. The van der Waals surface area contributed by atoms with E-state index in [1.165, 1.54) is 0 Å². The summed E-state index contributed by atoms with van der Waals surface area (Å²) in [6, 6.07) is 1.40. The second kappa shape index (κ2) is 4.96. The van der Waals surface area contributed by atoms with E-state index in [1.807, 2.05) is 6.92 Å². The summed E-state index contributed by atoms with van der Waals surface area (Å²) < 4.78 is 38.3. The molecule has 0 fully saturated rings. The number of carbonyl (C=O) groups excluding carboxylic acids is 1. The number of benzene rings is 1. The molecule has 0 aliphatic carbocycles. The maximum Gasteiger partial charge on any atom is 0.194 e. The highest BCUT2D eigenvalue weighted by atomic mass is 19.2. The summed E-state index contributed by atoms with van der Waals surface area (Å²) >= 11 is 0. The average molecular weight is 228 g/mol. The van der Waals surface area contributed by atoms with E-state index in [0.29, 0.717) is 24.1 Å². The lowest BCUT2D eigenvalue weighted by molar-refractivity contribution is 0.0991. The maximum absolute atomic E-state index is 12.8. The summed E-state index contributed by atoms with van der Waals surface area (Å²) in [7, 11) is 0. The molecule has 0 atom stereocenters. The van der Waals surface area contributed by atoms with Crippen molar-refractivity contribution in [2.45, 2.75) is 19.8 Å². The largest absolute Gasteiger partial charge is 0.294 e. The Morgan fingerprint density at radius 3 is 2.19 bits per heavy atom. The number of ketones is 1. The van der Waals surface area contributed by atoms with Crippen molar-refractivity contribution in [1.29, 1.82) is 0 Å². The van der Waals surface area contributed by atoms with Crippen molar-refractivity contribution >= 4 is 5.78 Å². The highest BCUT2D eigenvalue weighted by Gasteiger charge is 2.15. The van der Waals surface area contributed by atoms with Crippen LogP contribution >= 0.6 is 0 Å². The van der Waals surface area contributed by atoms with Gasteiger partial charge in [-0.25, -0.2) is 13.2 Å². The molecule has 0 aromatic heterocycles. The van der Waals surface area contributed by atoms with Crippen molar-refractivity contribution < 1.29 is 18.0 Å². The fraction of sp³-hybridized carbons (Fsp3) is 0.250. The number of carbonyl (C=O) groups is 1. The van der Waals surface area contributed by atoms with Gasteiger partial charge in [0.2, 0.25) is 0 Å². The Kier molecular flexibility index (Phi) is 3.88. The molecular formula is C12H11F3O. The maximum atomic E-state index is 12.8. The second-order valence-corrected chi connectivity index (χ2v) is 3.46. The molecule has 0 unspecified atom stereocenters. The first kappa shape index (κ1) is 12.5. The molecule has 16 heavy (non-hydrogen) atoms. The van der Waals surface area contributed by atoms with Gasteiger partial charge in [-0.15, -0.1) is 0 Å². The molecule has 1 aromatic rings. The highest BCUT2D eigenvalue weighted by Crippen LogP contribution is 2.16. The molecule has 0 aliphatic heterocycles. The van der Waals surface area contributed by atoms with E-state index < -0.39 is 23.2 Å². The normalized spacial score (nSPS) is 10.2. The van der Waals surface area contributed by atoms with Crippen LogP contribution in [0.2, 0.25) is 0 Å². The zero-order valence-electron chi connectivity index (χ0n) is 8.82. The quantitative estimate of drug-likeness (QED) is 0.437. The van der Waals surface area contributed by atoms with E-state index in [0.717, 1.165) is 0 Å². The minimum absolute atomic E-state index is 0.0149. The van der Waals surface area contributed by atoms with Crippen molar-refractivity contribution in [3.8, 4) is 0 Å². The highest BCUT2D eigenvalue weighted by molar-refractivity contribution is 5.97. The Labute approximate surface area is 91.6 Å². The smallest absolute Gasteiger partial charge is 0.194 e. The Morgan fingerprint density at radius 2 is 1.75 bits per heavy atom. The van der Waals surface area contributed by atoms with Gasteiger partial charge in [0.1, 0.15) is 0 Å². The second-order valence-electron chi connectivity index (χ2n) is 3.46. The van der Waals surface area contributed by atoms with E-state index in [9.17, 15) is 18.0 Å². The molecule has 0 bridgehead atoms. The van der Waals surface area contributed by atoms with Crippen LogP contribution in [0.5, 0.6) is 0 Å². The Balaban J connectivity index is 2.97. The molecule has 1 rings (SSSR count). The summed E-state index contributed by atoms with van der Waals surface area (Å²) in [6.45, 7) is 5.44. The van der Waals surface area contributed by atoms with E-state index in [1.54, 1.807) is 0 Å². The lowest BCUT2D eigenvalue weighted by Gasteiger charge is -2.03. The summed E-state index contributed by atoms with van der Waals surface area (Å²) in [5, 5.41) is 0. The van der Waals surface area contributed by atoms with Crippen LogP contribution in [0.3, 0.4) is 0 Å². The van der Waals surface area contributed by atoms with Gasteiger partial charge < -0.3 is 0 Å². The van der Waals surface area contributed by atoms with Crippen LogP contribution in [0, 0.1) is 17.5 Å². The van der Waals surface area contributed by atoms with Crippen LogP contribution in [0.1, 0.15) is 30.1 Å². The van der Waals surface area contributed by atoms with Crippen molar-refractivity contribution in [1.82, 2.24) is 0 Å². The van der Waals surface area contributed by atoms with Gasteiger partial charge in [-0.1, -0.05) is 19.1 Å².